The fourth-order valence-corrected chi connectivity index (χ4v) is 2.25. The van der Waals surface area contributed by atoms with E-state index in [1.807, 2.05) is 32.9 Å². The highest BCUT2D eigenvalue weighted by Gasteiger charge is 2.32. The van der Waals surface area contributed by atoms with Gasteiger partial charge in [0.1, 0.15) is 11.4 Å². The van der Waals surface area contributed by atoms with Gasteiger partial charge < -0.3 is 9.67 Å². The van der Waals surface area contributed by atoms with Gasteiger partial charge in [-0.3, -0.25) is 0 Å². The molecule has 0 bridgehead atoms. The lowest BCUT2D eigenvalue weighted by atomic mass is 10.0. The van der Waals surface area contributed by atoms with Gasteiger partial charge in [-0.1, -0.05) is 0 Å². The number of fused-ring (bicyclic) bond motifs is 1. The number of hydrogen-bond acceptors (Lipinski definition) is 2. The van der Waals surface area contributed by atoms with Gasteiger partial charge in [0.25, 0.3) is 0 Å². The van der Waals surface area contributed by atoms with E-state index in [1.54, 1.807) is 18.4 Å². The summed E-state index contributed by atoms with van der Waals surface area (Å²) in [6.45, 7) is 9.29. The number of aliphatic carboxylic acids is 1. The fraction of sp³-hybridized carbons (Fsp3) is 0.429. The Morgan fingerprint density at radius 1 is 1.22 bits per heavy atom. The molecule has 0 atom stereocenters. The van der Waals surface area contributed by atoms with Crippen molar-refractivity contribution in [2.75, 3.05) is 0 Å². The van der Waals surface area contributed by atoms with Gasteiger partial charge in [0.05, 0.1) is 11.0 Å². The summed E-state index contributed by atoms with van der Waals surface area (Å²) >= 11 is 0. The maximum Gasteiger partial charge on any atom is 0.329 e. The molecule has 2 rings (SSSR count). The first-order valence-corrected chi connectivity index (χ1v) is 5.95. The van der Waals surface area contributed by atoms with Crippen molar-refractivity contribution in [3.05, 3.63) is 29.1 Å². The predicted octanol–water partition coefficient (Wildman–Crippen LogP) is 2.78. The van der Waals surface area contributed by atoms with Crippen molar-refractivity contribution >= 4 is 17.0 Å². The van der Waals surface area contributed by atoms with Crippen LogP contribution in [0.5, 0.6) is 0 Å². The van der Waals surface area contributed by atoms with E-state index in [-0.39, 0.29) is 0 Å². The van der Waals surface area contributed by atoms with Gasteiger partial charge in [-0.15, -0.1) is 0 Å². The standard InChI is InChI=1S/C14H18N2O2/c1-8-6-11-12(7-9(8)2)16(10(3)15-11)14(4,5)13(17)18/h6-7H,1-5H3,(H,17,18). The van der Waals surface area contributed by atoms with Gasteiger partial charge in [-0.05, 0) is 57.9 Å². The molecule has 2 aromatic rings. The predicted molar refractivity (Wildman–Crippen MR) is 70.9 cm³/mol. The van der Waals surface area contributed by atoms with E-state index in [1.165, 1.54) is 5.56 Å². The molecule has 0 saturated heterocycles. The molecular formula is C14H18N2O2. The normalized spacial score (nSPS) is 12.1. The quantitative estimate of drug-likeness (QED) is 0.886. The van der Waals surface area contributed by atoms with Crippen molar-refractivity contribution in [3.8, 4) is 0 Å². The average Bonchev–Trinajstić information content (AvgIpc) is 2.54. The highest BCUT2D eigenvalue weighted by Crippen LogP contribution is 2.27. The molecule has 1 aromatic heterocycles. The summed E-state index contributed by atoms with van der Waals surface area (Å²) in [7, 11) is 0. The van der Waals surface area contributed by atoms with Crippen LogP contribution in [0.2, 0.25) is 0 Å². The van der Waals surface area contributed by atoms with Gasteiger partial charge in [-0.2, -0.15) is 0 Å². The number of aryl methyl sites for hydroxylation is 3. The van der Waals surface area contributed by atoms with Gasteiger partial charge in [0.2, 0.25) is 0 Å². The van der Waals surface area contributed by atoms with Gasteiger partial charge in [0.15, 0.2) is 0 Å². The molecule has 0 aliphatic carbocycles. The van der Waals surface area contributed by atoms with Crippen LogP contribution >= 0.6 is 0 Å². The first-order chi connectivity index (χ1) is 8.25. The van der Waals surface area contributed by atoms with Gasteiger partial charge >= 0.3 is 5.97 Å². The molecule has 0 amide bonds. The van der Waals surface area contributed by atoms with Gasteiger partial charge in [-0.25, -0.2) is 9.78 Å². The van der Waals surface area contributed by atoms with E-state index < -0.39 is 11.5 Å². The summed E-state index contributed by atoms with van der Waals surface area (Å²) in [5.74, 6) is -0.134. The minimum Gasteiger partial charge on any atom is -0.480 e. The van der Waals surface area contributed by atoms with Crippen LogP contribution in [-0.2, 0) is 10.3 Å². The third kappa shape index (κ3) is 1.68. The van der Waals surface area contributed by atoms with E-state index >= 15 is 0 Å². The summed E-state index contributed by atoms with van der Waals surface area (Å²) in [5.41, 5.74) is 3.04. The van der Waals surface area contributed by atoms with Crippen LogP contribution in [0.15, 0.2) is 12.1 Å². The molecule has 1 heterocycles. The Morgan fingerprint density at radius 2 is 1.78 bits per heavy atom. The van der Waals surface area contributed by atoms with Crippen molar-refractivity contribution in [1.82, 2.24) is 9.55 Å². The number of carbonyl (C=O) groups is 1. The lowest BCUT2D eigenvalue weighted by Gasteiger charge is -2.24. The number of benzene rings is 1. The molecule has 0 saturated carbocycles. The molecule has 4 heteroatoms. The molecule has 96 valence electrons. The molecule has 4 nitrogen and oxygen atoms in total. The molecule has 1 aromatic carbocycles. The van der Waals surface area contributed by atoms with Crippen molar-refractivity contribution in [1.29, 1.82) is 0 Å². The van der Waals surface area contributed by atoms with E-state index in [9.17, 15) is 9.90 Å². The highest BCUT2D eigenvalue weighted by molar-refractivity contribution is 5.83. The number of imidazole rings is 1. The van der Waals surface area contributed by atoms with E-state index in [4.69, 9.17) is 0 Å². The van der Waals surface area contributed by atoms with E-state index in [0.717, 1.165) is 22.4 Å². The Hall–Kier alpha value is -1.84. The van der Waals surface area contributed by atoms with Crippen LogP contribution < -0.4 is 0 Å². The zero-order valence-electron chi connectivity index (χ0n) is 11.4. The molecule has 0 aliphatic rings. The zero-order valence-corrected chi connectivity index (χ0v) is 11.4. The Morgan fingerprint density at radius 3 is 2.33 bits per heavy atom. The third-order valence-electron chi connectivity index (χ3n) is 3.52. The first-order valence-electron chi connectivity index (χ1n) is 5.95. The van der Waals surface area contributed by atoms with E-state index in [2.05, 4.69) is 4.98 Å². The minimum absolute atomic E-state index is 0.724. The molecule has 18 heavy (non-hydrogen) atoms. The topological polar surface area (TPSA) is 55.1 Å². The Kier molecular flexibility index (Phi) is 2.69. The van der Waals surface area contributed by atoms with Gasteiger partial charge in [0, 0.05) is 0 Å². The second-order valence-corrected chi connectivity index (χ2v) is 5.28. The summed E-state index contributed by atoms with van der Waals surface area (Å²) in [6.07, 6.45) is 0. The number of aromatic nitrogens is 2. The number of hydrogen-bond donors (Lipinski definition) is 1. The molecule has 0 radical (unpaired) electrons. The largest absolute Gasteiger partial charge is 0.480 e. The third-order valence-corrected chi connectivity index (χ3v) is 3.52. The lowest BCUT2D eigenvalue weighted by Crippen LogP contribution is -2.36. The average molecular weight is 246 g/mol. The van der Waals surface area contributed by atoms with Crippen LogP contribution in [0.25, 0.3) is 11.0 Å². The second-order valence-electron chi connectivity index (χ2n) is 5.28. The second kappa shape index (κ2) is 3.83. The first kappa shape index (κ1) is 12.6. The molecule has 0 unspecified atom stereocenters. The molecular weight excluding hydrogens is 228 g/mol. The summed E-state index contributed by atoms with van der Waals surface area (Å²) < 4.78 is 1.79. The van der Waals surface area contributed by atoms with Crippen LogP contribution in [0, 0.1) is 20.8 Å². The Labute approximate surface area is 106 Å². The number of nitrogens with zero attached hydrogens (tertiary/aromatic N) is 2. The molecule has 0 spiro atoms. The van der Waals surface area contributed by atoms with Crippen LogP contribution in [-0.4, -0.2) is 20.6 Å². The van der Waals surface area contributed by atoms with Crippen LogP contribution in [0.1, 0.15) is 30.8 Å². The Balaban J connectivity index is 2.83. The van der Waals surface area contributed by atoms with Crippen LogP contribution in [0.3, 0.4) is 0 Å². The number of carboxylic acid groups (broad SMARTS) is 1. The fourth-order valence-electron chi connectivity index (χ4n) is 2.25. The molecule has 0 aliphatic heterocycles. The van der Waals surface area contributed by atoms with Crippen molar-refractivity contribution in [2.24, 2.45) is 0 Å². The summed E-state index contributed by atoms with van der Waals surface area (Å²) in [6, 6.07) is 4.02. The maximum atomic E-state index is 11.4. The minimum atomic E-state index is -0.999. The monoisotopic (exact) mass is 246 g/mol. The summed E-state index contributed by atoms with van der Waals surface area (Å²) in [4.78, 5) is 15.9. The van der Waals surface area contributed by atoms with Crippen molar-refractivity contribution < 1.29 is 9.90 Å². The van der Waals surface area contributed by atoms with Crippen LogP contribution in [0.4, 0.5) is 0 Å². The number of rotatable bonds is 2. The molecule has 0 fully saturated rings. The smallest absolute Gasteiger partial charge is 0.329 e. The summed E-state index contributed by atoms with van der Waals surface area (Å²) in [5, 5.41) is 9.37. The Bertz CT molecular complexity index is 639. The number of carboxylic acids is 1. The molecule has 1 N–H and O–H groups in total. The zero-order chi connectivity index (χ0) is 13.7. The van der Waals surface area contributed by atoms with E-state index in [0.29, 0.717) is 0 Å². The lowest BCUT2D eigenvalue weighted by molar-refractivity contribution is -0.145. The van der Waals surface area contributed by atoms with Crippen molar-refractivity contribution in [3.63, 3.8) is 0 Å². The van der Waals surface area contributed by atoms with Crippen molar-refractivity contribution in [2.45, 2.75) is 40.2 Å². The maximum absolute atomic E-state index is 11.4. The highest BCUT2D eigenvalue weighted by atomic mass is 16.4. The SMILES string of the molecule is Cc1cc2nc(C)n(C(C)(C)C(=O)O)c2cc1C.